The number of rotatable bonds is 6. The van der Waals surface area contributed by atoms with Crippen molar-refractivity contribution in [3.8, 4) is 11.4 Å². The fourth-order valence-corrected chi connectivity index (χ4v) is 4.76. The van der Waals surface area contributed by atoms with Crippen LogP contribution < -0.4 is 11.1 Å². The zero-order valence-electron chi connectivity index (χ0n) is 16.2. The standard InChI is InChI=1S/C21H28N4O.2ClH/c1-2-3-10-25-11-9-23-20(25)16-5-4-6-17(13-16)24-21(26)18-14-7-8-15(12-14)19(18)22;;/h4-6,9,11,13-15,18-19H,2-3,7-8,10,12,22H2,1H3,(H,24,26);2*1H. The minimum atomic E-state index is -0.0380. The number of hydrogen-bond acceptors (Lipinski definition) is 3. The molecule has 1 aromatic carbocycles. The average molecular weight is 425 g/mol. The molecule has 0 saturated heterocycles. The molecule has 0 radical (unpaired) electrons. The molecule has 5 nitrogen and oxygen atoms in total. The molecule has 154 valence electrons. The van der Waals surface area contributed by atoms with Gasteiger partial charge in [-0.25, -0.2) is 4.98 Å². The molecule has 2 aromatic rings. The fraction of sp³-hybridized carbons (Fsp3) is 0.524. The van der Waals surface area contributed by atoms with E-state index in [1.807, 2.05) is 36.7 Å². The second-order valence-corrected chi connectivity index (χ2v) is 7.80. The second-order valence-electron chi connectivity index (χ2n) is 7.80. The molecule has 2 saturated carbocycles. The van der Waals surface area contributed by atoms with Gasteiger partial charge in [-0.1, -0.05) is 25.5 Å². The van der Waals surface area contributed by atoms with Crippen molar-refractivity contribution in [2.75, 3.05) is 5.32 Å². The Bertz CT molecular complexity index is 792. The molecule has 4 atom stereocenters. The minimum Gasteiger partial charge on any atom is -0.331 e. The Hall–Kier alpha value is -1.56. The molecule has 2 bridgehead atoms. The first-order valence-corrected chi connectivity index (χ1v) is 9.85. The number of carbonyl (C=O) groups excluding carboxylic acids is 1. The van der Waals surface area contributed by atoms with Crippen LogP contribution in [0, 0.1) is 17.8 Å². The highest BCUT2D eigenvalue weighted by Crippen LogP contribution is 2.47. The van der Waals surface area contributed by atoms with Gasteiger partial charge in [0, 0.05) is 36.2 Å². The monoisotopic (exact) mass is 424 g/mol. The Kier molecular flexibility index (Phi) is 7.93. The van der Waals surface area contributed by atoms with Crippen molar-refractivity contribution >= 4 is 36.4 Å². The molecule has 2 aliphatic carbocycles. The van der Waals surface area contributed by atoms with E-state index in [0.717, 1.165) is 49.3 Å². The number of fused-ring (bicyclic) bond motifs is 2. The fourth-order valence-electron chi connectivity index (χ4n) is 4.76. The van der Waals surface area contributed by atoms with Gasteiger partial charge in [-0.15, -0.1) is 24.8 Å². The van der Waals surface area contributed by atoms with E-state index in [0.29, 0.717) is 11.8 Å². The highest BCUT2D eigenvalue weighted by atomic mass is 35.5. The maximum Gasteiger partial charge on any atom is 0.229 e. The number of nitrogens with one attached hydrogen (secondary N) is 1. The first-order valence-electron chi connectivity index (χ1n) is 9.85. The third-order valence-electron chi connectivity index (χ3n) is 6.14. The zero-order valence-corrected chi connectivity index (χ0v) is 17.8. The summed E-state index contributed by atoms with van der Waals surface area (Å²) in [5, 5.41) is 3.11. The smallest absolute Gasteiger partial charge is 0.229 e. The van der Waals surface area contributed by atoms with Gasteiger partial charge in [0.1, 0.15) is 5.82 Å². The van der Waals surface area contributed by atoms with E-state index < -0.39 is 0 Å². The van der Waals surface area contributed by atoms with E-state index in [9.17, 15) is 4.79 Å². The SMILES string of the molecule is CCCCn1ccnc1-c1cccc(NC(=O)C2C3CCC(C3)C2N)c1.Cl.Cl. The van der Waals surface area contributed by atoms with Crippen LogP contribution in [0.15, 0.2) is 36.7 Å². The molecule has 1 amide bonds. The van der Waals surface area contributed by atoms with Crippen LogP contribution in [0.4, 0.5) is 5.69 Å². The Morgan fingerprint density at radius 3 is 2.79 bits per heavy atom. The summed E-state index contributed by atoms with van der Waals surface area (Å²) in [4.78, 5) is 17.3. The van der Waals surface area contributed by atoms with Crippen molar-refractivity contribution < 1.29 is 4.79 Å². The minimum absolute atomic E-state index is 0. The van der Waals surface area contributed by atoms with Crippen LogP contribution in [0.25, 0.3) is 11.4 Å². The Labute approximate surface area is 179 Å². The number of aromatic nitrogens is 2. The second kappa shape index (κ2) is 9.77. The highest BCUT2D eigenvalue weighted by molar-refractivity contribution is 5.94. The Morgan fingerprint density at radius 2 is 2.07 bits per heavy atom. The summed E-state index contributed by atoms with van der Waals surface area (Å²) < 4.78 is 2.18. The largest absolute Gasteiger partial charge is 0.331 e. The lowest BCUT2D eigenvalue weighted by molar-refractivity contribution is -0.121. The molecule has 7 heteroatoms. The van der Waals surface area contributed by atoms with Crippen molar-refractivity contribution in [1.29, 1.82) is 0 Å². The van der Waals surface area contributed by atoms with Gasteiger partial charge in [0.25, 0.3) is 0 Å². The predicted molar refractivity (Wildman–Crippen MR) is 118 cm³/mol. The zero-order chi connectivity index (χ0) is 18.1. The number of nitrogens with two attached hydrogens (primary N) is 1. The number of amides is 1. The maximum atomic E-state index is 12.8. The van der Waals surface area contributed by atoms with E-state index in [4.69, 9.17) is 5.73 Å². The number of halogens is 2. The molecule has 2 fully saturated rings. The molecule has 4 unspecified atom stereocenters. The molecule has 2 aliphatic rings. The van der Waals surface area contributed by atoms with Crippen LogP contribution >= 0.6 is 24.8 Å². The van der Waals surface area contributed by atoms with Gasteiger partial charge in [-0.3, -0.25) is 4.79 Å². The van der Waals surface area contributed by atoms with Crippen molar-refractivity contribution in [2.45, 2.75) is 51.6 Å². The van der Waals surface area contributed by atoms with Crippen molar-refractivity contribution in [1.82, 2.24) is 9.55 Å². The summed E-state index contributed by atoms with van der Waals surface area (Å²) in [7, 11) is 0. The van der Waals surface area contributed by atoms with Crippen LogP contribution in [0.3, 0.4) is 0 Å². The molecule has 1 heterocycles. The van der Waals surface area contributed by atoms with Crippen molar-refractivity contribution in [3.05, 3.63) is 36.7 Å². The van der Waals surface area contributed by atoms with Gasteiger partial charge < -0.3 is 15.6 Å². The first kappa shape index (κ1) is 22.7. The third-order valence-corrected chi connectivity index (χ3v) is 6.14. The highest BCUT2D eigenvalue weighted by Gasteiger charge is 2.49. The molecular formula is C21H30Cl2N4O. The predicted octanol–water partition coefficient (Wildman–Crippen LogP) is 4.51. The molecule has 0 spiro atoms. The van der Waals surface area contributed by atoms with Gasteiger partial charge in [-0.2, -0.15) is 0 Å². The number of hydrogen-bond donors (Lipinski definition) is 2. The normalized spacial score (nSPS) is 25.1. The van der Waals surface area contributed by atoms with E-state index in [1.54, 1.807) is 0 Å². The lowest BCUT2D eigenvalue weighted by Gasteiger charge is -2.27. The molecule has 4 rings (SSSR count). The number of imidazole rings is 1. The van der Waals surface area contributed by atoms with Crippen LogP contribution in [0.5, 0.6) is 0 Å². The Morgan fingerprint density at radius 1 is 1.29 bits per heavy atom. The number of benzene rings is 1. The quantitative estimate of drug-likeness (QED) is 0.716. The van der Waals surface area contributed by atoms with Crippen LogP contribution in [-0.4, -0.2) is 21.5 Å². The van der Waals surface area contributed by atoms with E-state index in [1.165, 1.54) is 6.42 Å². The summed E-state index contributed by atoms with van der Waals surface area (Å²) in [6, 6.07) is 8.00. The molecular weight excluding hydrogens is 395 g/mol. The first-order chi connectivity index (χ1) is 12.7. The number of aryl methyl sites for hydroxylation is 1. The van der Waals surface area contributed by atoms with Gasteiger partial charge in [-0.05, 0) is 49.7 Å². The van der Waals surface area contributed by atoms with E-state index in [-0.39, 0.29) is 42.7 Å². The summed E-state index contributed by atoms with van der Waals surface area (Å²) in [6.07, 6.45) is 9.58. The average Bonchev–Trinajstić information content (AvgIpc) is 3.36. The van der Waals surface area contributed by atoms with Gasteiger partial charge in [0.05, 0.1) is 5.92 Å². The van der Waals surface area contributed by atoms with Gasteiger partial charge in [0.15, 0.2) is 0 Å². The summed E-state index contributed by atoms with van der Waals surface area (Å²) >= 11 is 0. The summed E-state index contributed by atoms with van der Waals surface area (Å²) in [5.41, 5.74) is 8.17. The topological polar surface area (TPSA) is 72.9 Å². The van der Waals surface area contributed by atoms with Crippen LogP contribution in [0.2, 0.25) is 0 Å². The van der Waals surface area contributed by atoms with E-state index in [2.05, 4.69) is 21.8 Å². The summed E-state index contributed by atoms with van der Waals surface area (Å²) in [6.45, 7) is 3.15. The lowest BCUT2D eigenvalue weighted by Crippen LogP contribution is -2.42. The van der Waals surface area contributed by atoms with Gasteiger partial charge >= 0.3 is 0 Å². The number of carbonyl (C=O) groups is 1. The third kappa shape index (κ3) is 4.37. The number of nitrogens with zero attached hydrogens (tertiary/aromatic N) is 2. The molecule has 3 N–H and O–H groups in total. The van der Waals surface area contributed by atoms with Gasteiger partial charge in [0.2, 0.25) is 5.91 Å². The maximum absolute atomic E-state index is 12.8. The number of unbranched alkanes of at least 4 members (excludes halogenated alkanes) is 1. The Balaban J connectivity index is 0.00000140. The lowest BCUT2D eigenvalue weighted by atomic mass is 9.84. The molecule has 1 aromatic heterocycles. The molecule has 0 aliphatic heterocycles. The van der Waals surface area contributed by atoms with Crippen LogP contribution in [-0.2, 0) is 11.3 Å². The van der Waals surface area contributed by atoms with Crippen LogP contribution in [0.1, 0.15) is 39.0 Å². The molecule has 28 heavy (non-hydrogen) atoms. The van der Waals surface area contributed by atoms with E-state index >= 15 is 0 Å². The van der Waals surface area contributed by atoms with Crippen molar-refractivity contribution in [3.63, 3.8) is 0 Å². The van der Waals surface area contributed by atoms with Crippen molar-refractivity contribution in [2.24, 2.45) is 23.5 Å². The summed E-state index contributed by atoms with van der Waals surface area (Å²) in [5.74, 6) is 1.99. The number of anilines is 1.